The van der Waals surface area contributed by atoms with Crippen LogP contribution in [0, 0.1) is 0 Å². The molecule has 0 radical (unpaired) electrons. The van der Waals surface area contributed by atoms with Crippen LogP contribution in [0.2, 0.25) is 0 Å². The van der Waals surface area contributed by atoms with Crippen LogP contribution >= 0.6 is 11.3 Å². The molecule has 0 saturated carbocycles. The average molecular weight is 473 g/mol. The average Bonchev–Trinajstić information content (AvgIpc) is 3.39. The first-order valence-electron chi connectivity index (χ1n) is 11.4. The highest BCUT2D eigenvalue weighted by Gasteiger charge is 2.33. The fourth-order valence-electron chi connectivity index (χ4n) is 4.59. The highest BCUT2D eigenvalue weighted by Crippen LogP contribution is 2.32. The standard InChI is InChI=1S/C24H32N4O4S/c1-18(25-23(29)24(30)28-13-15-32-16-14-28)22(21-8-5-17-33-21)27-11-9-26(10-12-27)19-6-3-4-7-20(19)31-2/h3-8,17-18,22H,9-16H2,1-2H3,(H,25,29)/t18-,22-/m0/s1. The molecule has 2 fully saturated rings. The topological polar surface area (TPSA) is 74.4 Å². The second-order valence-corrected chi connectivity index (χ2v) is 9.30. The van der Waals surface area contributed by atoms with Crippen LogP contribution in [0.15, 0.2) is 41.8 Å². The van der Waals surface area contributed by atoms with Gasteiger partial charge in [-0.2, -0.15) is 0 Å². The second kappa shape index (κ2) is 11.0. The van der Waals surface area contributed by atoms with Crippen molar-refractivity contribution in [1.29, 1.82) is 0 Å². The number of carbonyl (C=O) groups excluding carboxylic acids is 2. The van der Waals surface area contributed by atoms with Gasteiger partial charge in [0.15, 0.2) is 0 Å². The molecule has 9 heteroatoms. The molecular formula is C24H32N4O4S. The minimum absolute atomic E-state index is 0.00579. The zero-order valence-electron chi connectivity index (χ0n) is 19.2. The molecule has 1 N–H and O–H groups in total. The molecule has 33 heavy (non-hydrogen) atoms. The van der Waals surface area contributed by atoms with E-state index in [0.29, 0.717) is 26.3 Å². The third kappa shape index (κ3) is 5.48. The number of benzene rings is 1. The second-order valence-electron chi connectivity index (χ2n) is 8.32. The molecule has 2 aliphatic heterocycles. The van der Waals surface area contributed by atoms with E-state index < -0.39 is 11.8 Å². The first-order valence-corrected chi connectivity index (χ1v) is 12.3. The predicted molar refractivity (Wildman–Crippen MR) is 129 cm³/mol. The number of carbonyl (C=O) groups is 2. The summed E-state index contributed by atoms with van der Waals surface area (Å²) < 4.78 is 10.8. The van der Waals surface area contributed by atoms with Gasteiger partial charge >= 0.3 is 11.8 Å². The van der Waals surface area contributed by atoms with Gasteiger partial charge in [-0.1, -0.05) is 18.2 Å². The Bertz CT molecular complexity index is 924. The third-order valence-electron chi connectivity index (χ3n) is 6.29. The van der Waals surface area contributed by atoms with Crippen molar-refractivity contribution >= 4 is 28.8 Å². The Hall–Kier alpha value is -2.62. The van der Waals surface area contributed by atoms with Crippen molar-refractivity contribution in [3.8, 4) is 5.75 Å². The molecule has 178 valence electrons. The number of ether oxygens (including phenoxy) is 2. The molecule has 2 aliphatic rings. The molecular weight excluding hydrogens is 440 g/mol. The van der Waals surface area contributed by atoms with Crippen LogP contribution in [0.5, 0.6) is 5.75 Å². The summed E-state index contributed by atoms with van der Waals surface area (Å²) in [7, 11) is 1.70. The molecule has 2 atom stereocenters. The van der Waals surface area contributed by atoms with E-state index in [1.165, 1.54) is 4.88 Å². The van der Waals surface area contributed by atoms with Crippen LogP contribution in [0.1, 0.15) is 17.8 Å². The number of piperazine rings is 1. The van der Waals surface area contributed by atoms with E-state index in [4.69, 9.17) is 9.47 Å². The van der Waals surface area contributed by atoms with Crippen molar-refractivity contribution in [3.05, 3.63) is 46.7 Å². The monoisotopic (exact) mass is 472 g/mol. The lowest BCUT2D eigenvalue weighted by atomic mass is 10.0. The largest absolute Gasteiger partial charge is 0.495 e. The SMILES string of the molecule is COc1ccccc1N1CCN([C@H](c2cccs2)[C@H](C)NC(=O)C(=O)N2CCOCC2)CC1. The number of rotatable bonds is 6. The Morgan fingerprint density at radius 1 is 1.03 bits per heavy atom. The van der Waals surface area contributed by atoms with Gasteiger partial charge in [0.25, 0.3) is 0 Å². The molecule has 0 unspecified atom stereocenters. The Morgan fingerprint density at radius 3 is 2.42 bits per heavy atom. The maximum Gasteiger partial charge on any atom is 0.312 e. The van der Waals surface area contributed by atoms with E-state index in [-0.39, 0.29) is 12.1 Å². The van der Waals surface area contributed by atoms with Gasteiger partial charge in [0, 0.05) is 50.2 Å². The van der Waals surface area contributed by atoms with Crippen LogP contribution in [0.4, 0.5) is 5.69 Å². The molecule has 4 rings (SSSR count). The third-order valence-corrected chi connectivity index (χ3v) is 7.24. The zero-order chi connectivity index (χ0) is 23.2. The number of para-hydroxylation sites is 2. The molecule has 0 bridgehead atoms. The van der Waals surface area contributed by atoms with Crippen LogP contribution in [-0.2, 0) is 14.3 Å². The maximum absolute atomic E-state index is 12.7. The Balaban J connectivity index is 1.42. The summed E-state index contributed by atoms with van der Waals surface area (Å²) in [5, 5.41) is 5.04. The summed E-state index contributed by atoms with van der Waals surface area (Å²) in [4.78, 5) is 32.8. The minimum Gasteiger partial charge on any atom is -0.495 e. The first-order chi connectivity index (χ1) is 16.1. The molecule has 0 spiro atoms. The lowest BCUT2D eigenvalue weighted by molar-refractivity contribution is -0.149. The number of nitrogens with zero attached hydrogens (tertiary/aromatic N) is 3. The number of hydrogen-bond acceptors (Lipinski definition) is 7. The normalized spacial score (nSPS) is 19.1. The number of morpholine rings is 1. The molecule has 3 heterocycles. The number of anilines is 1. The molecule has 0 aliphatic carbocycles. The summed E-state index contributed by atoms with van der Waals surface area (Å²) >= 11 is 1.68. The quantitative estimate of drug-likeness (QED) is 0.649. The fraction of sp³-hybridized carbons (Fsp3) is 0.500. The van der Waals surface area contributed by atoms with Gasteiger partial charge in [0.05, 0.1) is 32.1 Å². The molecule has 2 amide bonds. The number of hydrogen-bond donors (Lipinski definition) is 1. The number of methoxy groups -OCH3 is 1. The maximum atomic E-state index is 12.7. The van der Waals surface area contributed by atoms with E-state index in [1.807, 2.05) is 31.2 Å². The molecule has 8 nitrogen and oxygen atoms in total. The highest BCUT2D eigenvalue weighted by molar-refractivity contribution is 7.10. The summed E-state index contributed by atoms with van der Waals surface area (Å²) in [5.41, 5.74) is 1.10. The fourth-order valence-corrected chi connectivity index (χ4v) is 5.56. The Kier molecular flexibility index (Phi) is 7.85. The van der Waals surface area contributed by atoms with E-state index in [1.54, 1.807) is 23.3 Å². The van der Waals surface area contributed by atoms with Crippen LogP contribution < -0.4 is 15.0 Å². The summed E-state index contributed by atoms with van der Waals surface area (Å²) in [6.45, 7) is 7.26. The van der Waals surface area contributed by atoms with Crippen molar-refractivity contribution in [1.82, 2.24) is 15.1 Å². The zero-order valence-corrected chi connectivity index (χ0v) is 20.1. The van der Waals surface area contributed by atoms with E-state index >= 15 is 0 Å². The van der Waals surface area contributed by atoms with Crippen molar-refractivity contribution in [2.45, 2.75) is 19.0 Å². The lowest BCUT2D eigenvalue weighted by Gasteiger charge is -2.42. The van der Waals surface area contributed by atoms with Gasteiger partial charge in [-0.3, -0.25) is 14.5 Å². The highest BCUT2D eigenvalue weighted by atomic mass is 32.1. The summed E-state index contributed by atoms with van der Waals surface area (Å²) in [6.07, 6.45) is 0. The van der Waals surface area contributed by atoms with E-state index in [2.05, 4.69) is 32.6 Å². The van der Waals surface area contributed by atoms with Gasteiger partial charge in [0.2, 0.25) is 0 Å². The van der Waals surface area contributed by atoms with Crippen molar-refractivity contribution < 1.29 is 19.1 Å². The molecule has 2 saturated heterocycles. The van der Waals surface area contributed by atoms with E-state index in [0.717, 1.165) is 37.6 Å². The van der Waals surface area contributed by atoms with Gasteiger partial charge in [0.1, 0.15) is 5.75 Å². The van der Waals surface area contributed by atoms with Gasteiger partial charge in [-0.15, -0.1) is 11.3 Å². The number of thiophene rings is 1. The predicted octanol–water partition coefficient (Wildman–Crippen LogP) is 1.98. The van der Waals surface area contributed by atoms with Crippen LogP contribution in [-0.4, -0.2) is 87.2 Å². The van der Waals surface area contributed by atoms with Crippen molar-refractivity contribution in [3.63, 3.8) is 0 Å². The van der Waals surface area contributed by atoms with Gasteiger partial charge in [-0.05, 0) is 30.5 Å². The number of amides is 2. The Morgan fingerprint density at radius 2 is 1.76 bits per heavy atom. The number of nitrogens with one attached hydrogen (secondary N) is 1. The molecule has 2 aromatic rings. The minimum atomic E-state index is -0.543. The summed E-state index contributed by atoms with van der Waals surface area (Å²) in [6, 6.07) is 12.0. The molecule has 1 aromatic heterocycles. The van der Waals surface area contributed by atoms with Gasteiger partial charge in [-0.25, -0.2) is 0 Å². The summed E-state index contributed by atoms with van der Waals surface area (Å²) in [5.74, 6) is -0.141. The van der Waals surface area contributed by atoms with Gasteiger partial charge < -0.3 is 24.6 Å². The first kappa shape index (κ1) is 23.5. The lowest BCUT2D eigenvalue weighted by Crippen LogP contribution is -2.54. The Labute approximate surface area is 199 Å². The van der Waals surface area contributed by atoms with Crippen LogP contribution in [0.3, 0.4) is 0 Å². The smallest absolute Gasteiger partial charge is 0.312 e. The molecule has 1 aromatic carbocycles. The van der Waals surface area contributed by atoms with Crippen molar-refractivity contribution in [2.75, 3.05) is 64.5 Å². The van der Waals surface area contributed by atoms with Crippen LogP contribution in [0.25, 0.3) is 0 Å². The van der Waals surface area contributed by atoms with Crippen molar-refractivity contribution in [2.24, 2.45) is 0 Å². The van der Waals surface area contributed by atoms with E-state index in [9.17, 15) is 9.59 Å².